The smallest absolute Gasteiger partial charge is 0.237 e. The molecule has 4 nitrogen and oxygen atoms in total. The molecule has 0 aromatic heterocycles. The summed E-state index contributed by atoms with van der Waals surface area (Å²) in [7, 11) is 1.76. The normalized spacial score (nSPS) is 13.8. The molecule has 1 atom stereocenters. The Morgan fingerprint density at radius 2 is 1.95 bits per heavy atom. The first kappa shape index (κ1) is 15.5. The number of primary amides is 1. The van der Waals surface area contributed by atoms with Crippen molar-refractivity contribution in [2.24, 2.45) is 5.73 Å². The van der Waals surface area contributed by atoms with Crippen molar-refractivity contribution in [1.82, 2.24) is 5.32 Å². The average molecular weight is 264 g/mol. The highest BCUT2D eigenvalue weighted by Gasteiger charge is 2.27. The van der Waals surface area contributed by atoms with Gasteiger partial charge in [-0.1, -0.05) is 17.7 Å². The van der Waals surface area contributed by atoms with Gasteiger partial charge in [0.05, 0.1) is 12.1 Å². The molecule has 106 valence electrons. The first-order valence-corrected chi connectivity index (χ1v) is 6.66. The molecule has 1 amide bonds. The van der Waals surface area contributed by atoms with Gasteiger partial charge < -0.3 is 15.8 Å². The molecule has 0 aliphatic carbocycles. The number of nitrogens with two attached hydrogens (primary N) is 1. The van der Waals surface area contributed by atoms with E-state index in [4.69, 9.17) is 10.5 Å². The molecule has 1 rings (SSSR count). The van der Waals surface area contributed by atoms with Crippen molar-refractivity contribution in [3.8, 4) is 5.75 Å². The fraction of sp³-hybridized carbons (Fsp3) is 0.533. The number of amides is 1. The molecule has 1 aromatic rings. The molecule has 1 unspecified atom stereocenters. The molecular formula is C15H24N2O2. The summed E-state index contributed by atoms with van der Waals surface area (Å²) in [6.45, 7) is 4.53. The number of rotatable bonds is 8. The van der Waals surface area contributed by atoms with Crippen LogP contribution in [0.2, 0.25) is 0 Å². The predicted molar refractivity (Wildman–Crippen MR) is 77.2 cm³/mol. The summed E-state index contributed by atoms with van der Waals surface area (Å²) in [6.07, 6.45) is 2.51. The minimum absolute atomic E-state index is 0.311. The standard InChI is InChI=1S/C15H24N2O2/c1-12-6-8-13(9-7-12)19-11-5-4-10-15(2,17-3)14(16)18/h6-9,17H,4-5,10-11H2,1-3H3,(H2,16,18). The summed E-state index contributed by atoms with van der Waals surface area (Å²) < 4.78 is 5.63. The molecule has 3 N–H and O–H groups in total. The summed E-state index contributed by atoms with van der Waals surface area (Å²) in [5.74, 6) is 0.575. The molecule has 0 fully saturated rings. The number of ether oxygens (including phenoxy) is 1. The summed E-state index contributed by atoms with van der Waals surface area (Å²) in [6, 6.07) is 7.99. The number of hydrogen-bond acceptors (Lipinski definition) is 3. The minimum Gasteiger partial charge on any atom is -0.494 e. The Morgan fingerprint density at radius 3 is 2.47 bits per heavy atom. The van der Waals surface area contributed by atoms with Crippen LogP contribution in [0.25, 0.3) is 0 Å². The summed E-state index contributed by atoms with van der Waals surface area (Å²) in [4.78, 5) is 11.3. The fourth-order valence-electron chi connectivity index (χ4n) is 1.78. The van der Waals surface area contributed by atoms with Crippen LogP contribution in [0.15, 0.2) is 24.3 Å². The van der Waals surface area contributed by atoms with E-state index in [1.165, 1.54) is 5.56 Å². The molecule has 0 aliphatic rings. The third kappa shape index (κ3) is 4.91. The van der Waals surface area contributed by atoms with E-state index in [9.17, 15) is 4.79 Å². The van der Waals surface area contributed by atoms with Crippen LogP contribution in [0.4, 0.5) is 0 Å². The van der Waals surface area contributed by atoms with E-state index in [2.05, 4.69) is 5.32 Å². The summed E-state index contributed by atoms with van der Waals surface area (Å²) in [5, 5.41) is 2.98. The number of benzene rings is 1. The van der Waals surface area contributed by atoms with Gasteiger partial charge in [-0.05, 0) is 52.3 Å². The van der Waals surface area contributed by atoms with Crippen molar-refractivity contribution in [1.29, 1.82) is 0 Å². The summed E-state index contributed by atoms with van der Waals surface area (Å²) >= 11 is 0. The number of hydrogen-bond donors (Lipinski definition) is 2. The number of carbonyl (C=O) groups is 1. The third-order valence-electron chi connectivity index (χ3n) is 3.46. The summed E-state index contributed by atoms with van der Waals surface area (Å²) in [5.41, 5.74) is 5.97. The van der Waals surface area contributed by atoms with Crippen molar-refractivity contribution in [2.45, 2.75) is 38.6 Å². The molecule has 4 heteroatoms. The molecule has 19 heavy (non-hydrogen) atoms. The Bertz CT molecular complexity index is 403. The van der Waals surface area contributed by atoms with Gasteiger partial charge in [0.15, 0.2) is 0 Å². The highest BCUT2D eigenvalue weighted by atomic mass is 16.5. The second-order valence-electron chi connectivity index (χ2n) is 5.06. The largest absolute Gasteiger partial charge is 0.494 e. The molecule has 0 aliphatic heterocycles. The first-order valence-electron chi connectivity index (χ1n) is 6.66. The van der Waals surface area contributed by atoms with E-state index in [1.54, 1.807) is 7.05 Å². The number of unbranched alkanes of at least 4 members (excludes halogenated alkanes) is 1. The number of nitrogens with one attached hydrogen (secondary N) is 1. The van der Waals surface area contributed by atoms with Gasteiger partial charge in [-0.2, -0.15) is 0 Å². The van der Waals surface area contributed by atoms with Crippen LogP contribution in [0.3, 0.4) is 0 Å². The molecular weight excluding hydrogens is 240 g/mol. The molecule has 1 aromatic carbocycles. The van der Waals surface area contributed by atoms with Crippen LogP contribution < -0.4 is 15.8 Å². The van der Waals surface area contributed by atoms with E-state index < -0.39 is 5.54 Å². The van der Waals surface area contributed by atoms with E-state index in [-0.39, 0.29) is 5.91 Å². The van der Waals surface area contributed by atoms with E-state index in [0.717, 1.165) is 25.0 Å². The maximum atomic E-state index is 11.3. The lowest BCUT2D eigenvalue weighted by Crippen LogP contribution is -2.51. The van der Waals surface area contributed by atoms with Crippen LogP contribution in [0.5, 0.6) is 5.75 Å². The van der Waals surface area contributed by atoms with Crippen molar-refractivity contribution in [3.63, 3.8) is 0 Å². The van der Waals surface area contributed by atoms with E-state index in [0.29, 0.717) is 6.61 Å². The quantitative estimate of drug-likeness (QED) is 0.706. The minimum atomic E-state index is -0.621. The van der Waals surface area contributed by atoms with Crippen LogP contribution in [0.1, 0.15) is 31.7 Å². The molecule has 0 saturated heterocycles. The van der Waals surface area contributed by atoms with E-state index in [1.807, 2.05) is 38.1 Å². The molecule has 0 saturated carbocycles. The second kappa shape index (κ2) is 7.14. The van der Waals surface area contributed by atoms with Gasteiger partial charge in [0.25, 0.3) is 0 Å². The number of carbonyl (C=O) groups excluding carboxylic acids is 1. The van der Waals surface area contributed by atoms with Crippen LogP contribution >= 0.6 is 0 Å². The second-order valence-corrected chi connectivity index (χ2v) is 5.06. The average Bonchev–Trinajstić information content (AvgIpc) is 2.40. The van der Waals surface area contributed by atoms with Crippen molar-refractivity contribution >= 4 is 5.91 Å². The van der Waals surface area contributed by atoms with Crippen LogP contribution in [0, 0.1) is 6.92 Å². The Kier molecular flexibility index (Phi) is 5.83. The lowest BCUT2D eigenvalue weighted by atomic mass is 9.94. The zero-order valence-corrected chi connectivity index (χ0v) is 12.0. The maximum Gasteiger partial charge on any atom is 0.237 e. The van der Waals surface area contributed by atoms with Gasteiger partial charge >= 0.3 is 0 Å². The lowest BCUT2D eigenvalue weighted by Gasteiger charge is -2.25. The lowest BCUT2D eigenvalue weighted by molar-refractivity contribution is -0.123. The maximum absolute atomic E-state index is 11.3. The highest BCUT2D eigenvalue weighted by molar-refractivity contribution is 5.84. The van der Waals surface area contributed by atoms with Crippen LogP contribution in [-0.2, 0) is 4.79 Å². The van der Waals surface area contributed by atoms with Gasteiger partial charge in [0.1, 0.15) is 5.75 Å². The van der Waals surface area contributed by atoms with Crippen molar-refractivity contribution in [2.75, 3.05) is 13.7 Å². The Morgan fingerprint density at radius 1 is 1.32 bits per heavy atom. The third-order valence-corrected chi connectivity index (χ3v) is 3.46. The van der Waals surface area contributed by atoms with Gasteiger partial charge in [0, 0.05) is 0 Å². The molecule has 0 heterocycles. The van der Waals surface area contributed by atoms with E-state index >= 15 is 0 Å². The van der Waals surface area contributed by atoms with Crippen molar-refractivity contribution in [3.05, 3.63) is 29.8 Å². The Balaban J connectivity index is 2.24. The molecule has 0 spiro atoms. The van der Waals surface area contributed by atoms with Gasteiger partial charge in [-0.3, -0.25) is 4.79 Å². The number of likely N-dealkylation sites (N-methyl/N-ethyl adjacent to an activating group) is 1. The highest BCUT2D eigenvalue weighted by Crippen LogP contribution is 2.15. The predicted octanol–water partition coefficient (Wildman–Crippen LogP) is 2.01. The SMILES string of the molecule is CNC(C)(CCCCOc1ccc(C)cc1)C(N)=O. The van der Waals surface area contributed by atoms with Gasteiger partial charge in [-0.25, -0.2) is 0 Å². The van der Waals surface area contributed by atoms with Gasteiger partial charge in [-0.15, -0.1) is 0 Å². The van der Waals surface area contributed by atoms with Gasteiger partial charge in [0.2, 0.25) is 5.91 Å². The fourth-order valence-corrected chi connectivity index (χ4v) is 1.78. The molecule has 0 radical (unpaired) electrons. The Hall–Kier alpha value is -1.55. The topological polar surface area (TPSA) is 64.3 Å². The number of aryl methyl sites for hydroxylation is 1. The Labute approximate surface area is 115 Å². The van der Waals surface area contributed by atoms with Crippen LogP contribution in [-0.4, -0.2) is 25.1 Å². The zero-order chi connectivity index (χ0) is 14.3. The van der Waals surface area contributed by atoms with Crippen molar-refractivity contribution < 1.29 is 9.53 Å². The molecule has 0 bridgehead atoms. The monoisotopic (exact) mass is 264 g/mol. The first-order chi connectivity index (χ1) is 8.98. The zero-order valence-electron chi connectivity index (χ0n) is 12.0.